The Bertz CT molecular complexity index is 1570. The van der Waals surface area contributed by atoms with Gasteiger partial charge in [0.25, 0.3) is 11.8 Å². The summed E-state index contributed by atoms with van der Waals surface area (Å²) >= 11 is 0. The number of hydrogen-bond donors (Lipinski definition) is 2. The first-order valence-electron chi connectivity index (χ1n) is 13.0. The predicted molar refractivity (Wildman–Crippen MR) is 152 cm³/mol. The van der Waals surface area contributed by atoms with Crippen molar-refractivity contribution in [3.05, 3.63) is 125 Å². The van der Waals surface area contributed by atoms with Crippen LogP contribution in [-0.4, -0.2) is 36.0 Å². The van der Waals surface area contributed by atoms with E-state index in [1.807, 2.05) is 31.2 Å². The average Bonchev–Trinajstić information content (AvgIpc) is 3.30. The number of methoxy groups -OCH3 is 1. The van der Waals surface area contributed by atoms with E-state index in [2.05, 4.69) is 10.6 Å². The third kappa shape index (κ3) is 6.19. The Morgan fingerprint density at radius 3 is 2.34 bits per heavy atom. The summed E-state index contributed by atoms with van der Waals surface area (Å²) in [6, 6.07) is 25.7. The first kappa shape index (κ1) is 27.4. The molecule has 9 heteroatoms. The fraction of sp³-hybridized carbons (Fsp3) is 0.156. The maximum atomic E-state index is 13.8. The smallest absolute Gasteiger partial charge is 0.411 e. The van der Waals surface area contributed by atoms with Crippen LogP contribution in [0.25, 0.3) is 0 Å². The minimum absolute atomic E-state index is 0.143. The Labute approximate surface area is 236 Å². The van der Waals surface area contributed by atoms with Gasteiger partial charge in [0.2, 0.25) is 0 Å². The van der Waals surface area contributed by atoms with E-state index < -0.39 is 30.0 Å². The highest BCUT2D eigenvalue weighted by Crippen LogP contribution is 2.35. The van der Waals surface area contributed by atoms with E-state index in [1.165, 1.54) is 30.2 Å². The molecular weight excluding hydrogens is 525 g/mol. The number of ether oxygens (including phenoxy) is 2. The van der Waals surface area contributed by atoms with E-state index in [9.17, 15) is 18.8 Å². The van der Waals surface area contributed by atoms with Gasteiger partial charge in [0.05, 0.1) is 19.2 Å². The predicted octanol–water partition coefficient (Wildman–Crippen LogP) is 6.10. The molecule has 1 saturated heterocycles. The Kier molecular flexibility index (Phi) is 7.96. The summed E-state index contributed by atoms with van der Waals surface area (Å²) in [6.07, 6.45) is -1.59. The number of halogens is 1. The number of aryl methyl sites for hydroxylation is 1. The van der Waals surface area contributed by atoms with Crippen LogP contribution in [0.3, 0.4) is 0 Å². The molecule has 2 unspecified atom stereocenters. The van der Waals surface area contributed by atoms with Crippen molar-refractivity contribution in [1.82, 2.24) is 4.90 Å². The molecular formula is C32H28FN3O5. The lowest BCUT2D eigenvalue weighted by Crippen LogP contribution is -2.43. The monoisotopic (exact) mass is 553 g/mol. The fourth-order valence-corrected chi connectivity index (χ4v) is 4.67. The molecule has 4 aromatic carbocycles. The second-order valence-electron chi connectivity index (χ2n) is 9.64. The fourth-order valence-electron chi connectivity index (χ4n) is 4.67. The number of amides is 3. The number of anilines is 2. The number of para-hydroxylation sites is 1. The quantitative estimate of drug-likeness (QED) is 0.275. The van der Waals surface area contributed by atoms with Gasteiger partial charge < -0.3 is 20.1 Å². The van der Waals surface area contributed by atoms with Crippen LogP contribution < -0.4 is 15.4 Å². The van der Waals surface area contributed by atoms with Crippen molar-refractivity contribution in [3.8, 4) is 5.75 Å². The van der Waals surface area contributed by atoms with Gasteiger partial charge in [-0.15, -0.1) is 0 Å². The maximum Gasteiger partial charge on any atom is 0.411 e. The van der Waals surface area contributed by atoms with Crippen molar-refractivity contribution < 1.29 is 28.2 Å². The highest BCUT2D eigenvalue weighted by Gasteiger charge is 2.47. The van der Waals surface area contributed by atoms with E-state index in [4.69, 9.17) is 9.47 Å². The minimum Gasteiger partial charge on any atom is -0.496 e. The largest absolute Gasteiger partial charge is 0.496 e. The van der Waals surface area contributed by atoms with Gasteiger partial charge in [-0.3, -0.25) is 14.5 Å². The van der Waals surface area contributed by atoms with Gasteiger partial charge in [-0.05, 0) is 60.5 Å². The van der Waals surface area contributed by atoms with Crippen molar-refractivity contribution in [3.63, 3.8) is 0 Å². The Balaban J connectivity index is 1.40. The number of carbonyl (C=O) groups is 3. The minimum atomic E-state index is -1.04. The molecule has 1 heterocycles. The van der Waals surface area contributed by atoms with E-state index in [0.29, 0.717) is 22.6 Å². The van der Waals surface area contributed by atoms with Crippen LogP contribution in [0.1, 0.15) is 33.2 Å². The maximum absolute atomic E-state index is 13.8. The Morgan fingerprint density at radius 2 is 1.63 bits per heavy atom. The normalized spacial score (nSPS) is 16.2. The van der Waals surface area contributed by atoms with Gasteiger partial charge >= 0.3 is 6.09 Å². The van der Waals surface area contributed by atoms with Gasteiger partial charge in [0.1, 0.15) is 11.6 Å². The van der Waals surface area contributed by atoms with E-state index >= 15 is 0 Å². The van der Waals surface area contributed by atoms with Crippen molar-refractivity contribution in [1.29, 1.82) is 0 Å². The van der Waals surface area contributed by atoms with Crippen molar-refractivity contribution in [2.45, 2.75) is 25.6 Å². The lowest BCUT2D eigenvalue weighted by molar-refractivity contribution is -0.121. The molecule has 4 aromatic rings. The van der Waals surface area contributed by atoms with Crippen LogP contribution in [0, 0.1) is 12.7 Å². The van der Waals surface area contributed by atoms with Crippen molar-refractivity contribution in [2.24, 2.45) is 0 Å². The molecule has 1 aliphatic heterocycles. The number of cyclic esters (lactones) is 1. The molecule has 0 aromatic heterocycles. The molecule has 2 N–H and O–H groups in total. The number of rotatable bonds is 8. The first-order chi connectivity index (χ1) is 19.8. The molecule has 1 fully saturated rings. The average molecular weight is 554 g/mol. The highest BCUT2D eigenvalue weighted by atomic mass is 19.1. The Hall–Kier alpha value is -5.18. The SMILES string of the molecule is COc1ccccc1C(=O)Nc1ccc(C2OC(=O)N(Cc3ccc(C)cc3)C2C(=O)Nc2cccc(F)c2)cc1. The molecule has 0 saturated carbocycles. The second kappa shape index (κ2) is 11.9. The summed E-state index contributed by atoms with van der Waals surface area (Å²) in [4.78, 5) is 40.8. The van der Waals surface area contributed by atoms with Gasteiger partial charge in [-0.25, -0.2) is 9.18 Å². The van der Waals surface area contributed by atoms with Crippen LogP contribution in [-0.2, 0) is 16.1 Å². The van der Waals surface area contributed by atoms with Crippen LogP contribution in [0.5, 0.6) is 5.75 Å². The second-order valence-corrected chi connectivity index (χ2v) is 9.64. The summed E-state index contributed by atoms with van der Waals surface area (Å²) in [7, 11) is 1.49. The van der Waals surface area contributed by atoms with Gasteiger partial charge in [0.15, 0.2) is 12.1 Å². The molecule has 2 atom stereocenters. The summed E-state index contributed by atoms with van der Waals surface area (Å²) in [6.45, 7) is 2.10. The molecule has 208 valence electrons. The summed E-state index contributed by atoms with van der Waals surface area (Å²) < 4.78 is 24.8. The van der Waals surface area contributed by atoms with E-state index in [0.717, 1.165) is 11.1 Å². The molecule has 5 rings (SSSR count). The zero-order chi connectivity index (χ0) is 28.9. The van der Waals surface area contributed by atoms with E-state index in [-0.39, 0.29) is 18.1 Å². The van der Waals surface area contributed by atoms with Crippen LogP contribution in [0.2, 0.25) is 0 Å². The number of hydrogen-bond acceptors (Lipinski definition) is 5. The third-order valence-corrected chi connectivity index (χ3v) is 6.77. The number of carbonyl (C=O) groups excluding carboxylic acids is 3. The van der Waals surface area contributed by atoms with Gasteiger partial charge in [-0.1, -0.05) is 60.2 Å². The summed E-state index contributed by atoms with van der Waals surface area (Å²) in [5.74, 6) is -0.924. The molecule has 3 amide bonds. The standard InChI is InChI=1S/C32H28FN3O5/c1-20-10-12-21(13-11-20)19-36-28(31(38)35-25-7-5-6-23(33)18-25)29(41-32(36)39)22-14-16-24(17-15-22)34-30(37)26-8-3-4-9-27(26)40-2/h3-18,28-29H,19H2,1-2H3,(H,34,37)(H,35,38). The van der Waals surface area contributed by atoms with Crippen LogP contribution in [0.4, 0.5) is 20.6 Å². The topological polar surface area (TPSA) is 97.0 Å². The molecule has 0 bridgehead atoms. The van der Waals surface area contributed by atoms with Crippen molar-refractivity contribution >= 4 is 29.3 Å². The van der Waals surface area contributed by atoms with Gasteiger partial charge in [-0.2, -0.15) is 0 Å². The third-order valence-electron chi connectivity index (χ3n) is 6.77. The van der Waals surface area contributed by atoms with Crippen LogP contribution in [0.15, 0.2) is 97.1 Å². The molecule has 41 heavy (non-hydrogen) atoms. The zero-order valence-corrected chi connectivity index (χ0v) is 22.5. The lowest BCUT2D eigenvalue weighted by atomic mass is 10.00. The first-order valence-corrected chi connectivity index (χ1v) is 13.0. The lowest BCUT2D eigenvalue weighted by Gasteiger charge is -2.24. The molecule has 0 spiro atoms. The molecule has 1 aliphatic rings. The molecule has 0 aliphatic carbocycles. The molecule has 0 radical (unpaired) electrons. The summed E-state index contributed by atoms with van der Waals surface area (Å²) in [5, 5.41) is 5.54. The number of nitrogens with zero attached hydrogens (tertiary/aromatic N) is 1. The highest BCUT2D eigenvalue weighted by molar-refractivity contribution is 6.06. The molecule has 8 nitrogen and oxygen atoms in total. The van der Waals surface area contributed by atoms with E-state index in [1.54, 1.807) is 54.6 Å². The zero-order valence-electron chi connectivity index (χ0n) is 22.5. The van der Waals surface area contributed by atoms with Gasteiger partial charge in [0, 0.05) is 11.4 Å². The number of benzene rings is 4. The summed E-state index contributed by atoms with van der Waals surface area (Å²) in [5.41, 5.74) is 3.59. The number of nitrogens with one attached hydrogen (secondary N) is 2. The van der Waals surface area contributed by atoms with Crippen molar-refractivity contribution in [2.75, 3.05) is 17.7 Å². The Morgan fingerprint density at radius 1 is 0.902 bits per heavy atom. The van der Waals surface area contributed by atoms with Crippen LogP contribution >= 0.6 is 0 Å².